The molecule has 1 atom stereocenters. The predicted octanol–water partition coefficient (Wildman–Crippen LogP) is 4.75. The lowest BCUT2D eigenvalue weighted by Crippen LogP contribution is -2.46. The third-order valence-corrected chi connectivity index (χ3v) is 6.08. The van der Waals surface area contributed by atoms with E-state index in [-0.39, 0.29) is 6.04 Å². The first-order valence-corrected chi connectivity index (χ1v) is 11.3. The van der Waals surface area contributed by atoms with Crippen molar-refractivity contribution < 1.29 is 14.0 Å². The zero-order valence-corrected chi connectivity index (χ0v) is 20.1. The topological polar surface area (TPSA) is 72.7 Å². The highest BCUT2D eigenvalue weighted by Gasteiger charge is 2.34. The minimum absolute atomic E-state index is 0.228. The number of rotatable bonds is 8. The van der Waals surface area contributed by atoms with E-state index < -0.39 is 0 Å². The molecule has 0 fully saturated rings. The molecule has 0 aliphatic carbocycles. The maximum Gasteiger partial charge on any atom is 0.258 e. The normalized spacial score (nSPS) is 16.2. The molecule has 8 heteroatoms. The molecule has 0 amide bonds. The molecule has 7 nitrogen and oxygen atoms in total. The monoisotopic (exact) mass is 464 g/mol. The summed E-state index contributed by atoms with van der Waals surface area (Å²) < 4.78 is 16.3. The smallest absolute Gasteiger partial charge is 0.258 e. The zero-order valence-electron chi connectivity index (χ0n) is 19.3. The van der Waals surface area contributed by atoms with Crippen molar-refractivity contribution in [2.45, 2.75) is 26.3 Å². The Labute approximate surface area is 199 Å². The molecule has 2 aromatic carbocycles. The standard InChI is InChI=1S/C25H28N4O3S/c1-16-6-8-19(9-7-16)23-27-24(32-28-23)21-17(2)29(14-5-15-30-3)25(33)26-22(21)18-10-12-20(31-4)13-11-18/h6-13,22H,5,14-15H2,1-4H3,(H,26,33). The molecule has 4 rings (SSSR count). The van der Waals surface area contributed by atoms with Gasteiger partial charge in [-0.15, -0.1) is 0 Å². The lowest BCUT2D eigenvalue weighted by atomic mass is 9.94. The molecule has 0 spiro atoms. The van der Waals surface area contributed by atoms with E-state index in [1.54, 1.807) is 14.2 Å². The number of allylic oxidation sites excluding steroid dienone is 1. The number of nitrogens with zero attached hydrogens (tertiary/aromatic N) is 3. The van der Waals surface area contributed by atoms with Crippen LogP contribution in [0.15, 0.2) is 58.8 Å². The minimum atomic E-state index is -0.228. The van der Waals surface area contributed by atoms with Crippen LogP contribution in [0.3, 0.4) is 0 Å². The summed E-state index contributed by atoms with van der Waals surface area (Å²) in [6, 6.07) is 15.7. The molecule has 0 radical (unpaired) electrons. The summed E-state index contributed by atoms with van der Waals surface area (Å²) in [4.78, 5) is 6.82. The van der Waals surface area contributed by atoms with Crippen LogP contribution in [0.1, 0.15) is 36.4 Å². The quantitative estimate of drug-likeness (QED) is 0.378. The van der Waals surface area contributed by atoms with Gasteiger partial charge in [-0.2, -0.15) is 4.98 Å². The van der Waals surface area contributed by atoms with E-state index in [1.807, 2.05) is 62.4 Å². The summed E-state index contributed by atoms with van der Waals surface area (Å²) in [5, 5.41) is 8.39. The van der Waals surface area contributed by atoms with Crippen LogP contribution in [0.2, 0.25) is 0 Å². The Bertz CT molecular complexity index is 1140. The number of aromatic nitrogens is 2. The Hall–Kier alpha value is -3.23. The van der Waals surface area contributed by atoms with Gasteiger partial charge in [0.15, 0.2) is 5.11 Å². The highest BCUT2D eigenvalue weighted by atomic mass is 32.1. The Morgan fingerprint density at radius 1 is 1.06 bits per heavy atom. The lowest BCUT2D eigenvalue weighted by molar-refractivity contribution is 0.188. The number of methoxy groups -OCH3 is 2. The number of thiocarbonyl (C=S) groups is 1. The molecule has 3 aromatic rings. The third-order valence-electron chi connectivity index (χ3n) is 5.74. The van der Waals surface area contributed by atoms with E-state index in [0.29, 0.717) is 23.4 Å². The van der Waals surface area contributed by atoms with Gasteiger partial charge < -0.3 is 24.2 Å². The molecular weight excluding hydrogens is 436 g/mol. The van der Waals surface area contributed by atoms with Gasteiger partial charge >= 0.3 is 0 Å². The van der Waals surface area contributed by atoms with Crippen LogP contribution in [0.4, 0.5) is 0 Å². The predicted molar refractivity (Wildman–Crippen MR) is 132 cm³/mol. The van der Waals surface area contributed by atoms with Crippen LogP contribution in [0.5, 0.6) is 5.75 Å². The first-order chi connectivity index (χ1) is 16.0. The highest BCUT2D eigenvalue weighted by molar-refractivity contribution is 7.80. The largest absolute Gasteiger partial charge is 0.497 e. The van der Waals surface area contributed by atoms with Gasteiger partial charge in [-0.3, -0.25) is 0 Å². The molecule has 1 aliphatic heterocycles. The molecule has 1 N–H and O–H groups in total. The van der Waals surface area contributed by atoms with Crippen molar-refractivity contribution in [3.05, 3.63) is 71.2 Å². The van der Waals surface area contributed by atoms with Crippen LogP contribution in [-0.2, 0) is 4.74 Å². The van der Waals surface area contributed by atoms with Gasteiger partial charge in [0, 0.05) is 31.5 Å². The molecule has 0 bridgehead atoms. The second-order valence-electron chi connectivity index (χ2n) is 7.94. The van der Waals surface area contributed by atoms with E-state index in [4.69, 9.17) is 31.2 Å². The lowest BCUT2D eigenvalue weighted by Gasteiger charge is -2.37. The van der Waals surface area contributed by atoms with Crippen LogP contribution in [-0.4, -0.2) is 47.5 Å². The van der Waals surface area contributed by atoms with E-state index in [9.17, 15) is 0 Å². The first kappa shape index (κ1) is 22.9. The number of nitrogens with one attached hydrogen (secondary N) is 1. The van der Waals surface area contributed by atoms with Crippen LogP contribution in [0, 0.1) is 6.92 Å². The molecule has 2 heterocycles. The van der Waals surface area contributed by atoms with Gasteiger partial charge in [-0.05, 0) is 50.2 Å². The molecule has 33 heavy (non-hydrogen) atoms. The average Bonchev–Trinajstić information content (AvgIpc) is 3.31. The molecular formula is C25H28N4O3S. The van der Waals surface area contributed by atoms with Crippen LogP contribution in [0.25, 0.3) is 17.0 Å². The number of hydrogen-bond acceptors (Lipinski definition) is 6. The SMILES string of the molecule is COCCCN1C(=S)NC(c2ccc(OC)cc2)C(c2nc(-c3ccc(C)cc3)no2)=C1C. The Kier molecular flexibility index (Phi) is 7.05. The number of hydrogen-bond donors (Lipinski definition) is 1. The maximum atomic E-state index is 5.79. The van der Waals surface area contributed by atoms with Crippen LogP contribution >= 0.6 is 12.2 Å². The zero-order chi connectivity index (χ0) is 23.4. The number of ether oxygens (including phenoxy) is 2. The molecule has 0 saturated heterocycles. The van der Waals surface area contributed by atoms with E-state index >= 15 is 0 Å². The number of aryl methyl sites for hydroxylation is 1. The minimum Gasteiger partial charge on any atom is -0.497 e. The molecule has 172 valence electrons. The van der Waals surface area contributed by atoms with Gasteiger partial charge in [0.2, 0.25) is 5.82 Å². The van der Waals surface area contributed by atoms with Crippen LogP contribution < -0.4 is 10.1 Å². The van der Waals surface area contributed by atoms with Crippen molar-refractivity contribution in [1.29, 1.82) is 0 Å². The Morgan fingerprint density at radius 3 is 2.45 bits per heavy atom. The summed E-state index contributed by atoms with van der Waals surface area (Å²) in [7, 11) is 3.35. The summed E-state index contributed by atoms with van der Waals surface area (Å²) in [5.41, 5.74) is 4.99. The Morgan fingerprint density at radius 2 is 1.79 bits per heavy atom. The van der Waals surface area contributed by atoms with Gasteiger partial charge in [-0.25, -0.2) is 0 Å². The molecule has 1 aromatic heterocycles. The van der Waals surface area contributed by atoms with Crippen molar-refractivity contribution in [2.75, 3.05) is 27.4 Å². The Balaban J connectivity index is 1.75. The van der Waals surface area contributed by atoms with Gasteiger partial charge in [0.05, 0.1) is 18.7 Å². The van der Waals surface area contributed by atoms with Crippen molar-refractivity contribution >= 4 is 22.9 Å². The summed E-state index contributed by atoms with van der Waals surface area (Å²) in [6.45, 7) is 5.47. The van der Waals surface area contributed by atoms with Crippen molar-refractivity contribution in [1.82, 2.24) is 20.4 Å². The summed E-state index contributed by atoms with van der Waals surface area (Å²) in [6.07, 6.45) is 0.842. The van der Waals surface area contributed by atoms with Gasteiger partial charge in [-0.1, -0.05) is 47.1 Å². The summed E-state index contributed by atoms with van der Waals surface area (Å²) >= 11 is 5.72. The molecule has 1 aliphatic rings. The van der Waals surface area contributed by atoms with Crippen molar-refractivity contribution in [3.63, 3.8) is 0 Å². The van der Waals surface area contributed by atoms with Gasteiger partial charge in [0.25, 0.3) is 5.89 Å². The second-order valence-corrected chi connectivity index (χ2v) is 8.33. The summed E-state index contributed by atoms with van der Waals surface area (Å²) in [5.74, 6) is 1.81. The van der Waals surface area contributed by atoms with E-state index in [2.05, 4.69) is 15.4 Å². The highest BCUT2D eigenvalue weighted by Crippen LogP contribution is 2.37. The van der Waals surface area contributed by atoms with E-state index in [0.717, 1.165) is 41.1 Å². The maximum absolute atomic E-state index is 5.79. The van der Waals surface area contributed by atoms with Crippen molar-refractivity contribution in [2.24, 2.45) is 0 Å². The molecule has 1 unspecified atom stereocenters. The number of benzene rings is 2. The first-order valence-electron chi connectivity index (χ1n) is 10.8. The van der Waals surface area contributed by atoms with Crippen molar-refractivity contribution in [3.8, 4) is 17.1 Å². The fraction of sp³-hybridized carbons (Fsp3) is 0.320. The average molecular weight is 465 g/mol. The second kappa shape index (κ2) is 10.1. The fourth-order valence-electron chi connectivity index (χ4n) is 3.89. The molecule has 0 saturated carbocycles. The van der Waals surface area contributed by atoms with E-state index in [1.165, 1.54) is 5.56 Å². The van der Waals surface area contributed by atoms with Gasteiger partial charge in [0.1, 0.15) is 5.75 Å². The third kappa shape index (κ3) is 4.91. The fourth-order valence-corrected chi connectivity index (χ4v) is 4.24.